The average Bonchev–Trinajstić information content (AvgIpc) is 2.90. The Kier molecular flexibility index (Phi) is 9.48. The minimum atomic E-state index is -1.17. The summed E-state index contributed by atoms with van der Waals surface area (Å²) >= 11 is 0. The number of anilines is 2. The van der Waals surface area contributed by atoms with Gasteiger partial charge in [-0.05, 0) is 55.4 Å². The van der Waals surface area contributed by atoms with Gasteiger partial charge in [0.05, 0.1) is 5.69 Å². The monoisotopic (exact) mass is 520 g/mol. The molecule has 3 amide bonds. The lowest BCUT2D eigenvalue weighted by atomic mass is 9.95. The van der Waals surface area contributed by atoms with E-state index in [2.05, 4.69) is 22.1 Å². The van der Waals surface area contributed by atoms with Crippen LogP contribution in [0.15, 0.2) is 42.5 Å². The normalized spacial score (nSPS) is 14.6. The third kappa shape index (κ3) is 7.80. The molecule has 1 atom stereocenters. The largest absolute Gasteiger partial charge is 0.465 e. The molecule has 1 unspecified atom stereocenters. The number of ether oxygens (including phenoxy) is 1. The summed E-state index contributed by atoms with van der Waals surface area (Å²) < 4.78 is 5.39. The van der Waals surface area contributed by atoms with Crippen LogP contribution in [0, 0.1) is 23.2 Å². The molecule has 1 aliphatic rings. The summed E-state index contributed by atoms with van der Waals surface area (Å²) in [5.41, 5.74) is 1.30. The fourth-order valence-electron chi connectivity index (χ4n) is 4.13. The Hall–Kier alpha value is -3.90. The van der Waals surface area contributed by atoms with E-state index in [4.69, 9.17) is 4.74 Å². The third-order valence-corrected chi connectivity index (χ3v) is 6.22. The smallest absolute Gasteiger partial charge is 0.407 e. The Balaban J connectivity index is 1.90. The van der Waals surface area contributed by atoms with Crippen molar-refractivity contribution in [1.29, 1.82) is 0 Å². The summed E-state index contributed by atoms with van der Waals surface area (Å²) in [5.74, 6) is 5.64. The van der Waals surface area contributed by atoms with Crippen LogP contribution >= 0.6 is 0 Å². The predicted octanol–water partition coefficient (Wildman–Crippen LogP) is 4.22. The van der Waals surface area contributed by atoms with Crippen LogP contribution in [0.3, 0.4) is 0 Å². The SMILES string of the molecule is CC(C(=O)Nc1ccc(N(C)C(=O)C2CCOCC2)c(C#Cc2ccccc2)n1)N(CC(C)(C)C)C(=O)O. The molecule has 2 N–H and O–H groups in total. The van der Waals surface area contributed by atoms with E-state index >= 15 is 0 Å². The van der Waals surface area contributed by atoms with Crippen LogP contribution in [-0.2, 0) is 14.3 Å². The fourth-order valence-corrected chi connectivity index (χ4v) is 4.13. The molecule has 0 radical (unpaired) electrons. The Bertz CT molecular complexity index is 1210. The maximum Gasteiger partial charge on any atom is 0.407 e. The van der Waals surface area contributed by atoms with E-state index in [9.17, 15) is 19.5 Å². The van der Waals surface area contributed by atoms with Crippen molar-refractivity contribution in [3.05, 3.63) is 53.7 Å². The number of hydrogen-bond acceptors (Lipinski definition) is 5. The van der Waals surface area contributed by atoms with E-state index in [-0.39, 0.29) is 29.6 Å². The molecule has 1 aromatic carbocycles. The zero-order valence-electron chi connectivity index (χ0n) is 22.7. The quantitative estimate of drug-likeness (QED) is 0.552. The van der Waals surface area contributed by atoms with E-state index < -0.39 is 18.0 Å². The van der Waals surface area contributed by atoms with E-state index in [1.54, 1.807) is 31.0 Å². The Morgan fingerprint density at radius 2 is 1.76 bits per heavy atom. The number of carboxylic acid groups (broad SMARTS) is 1. The van der Waals surface area contributed by atoms with Crippen LogP contribution in [0.1, 0.15) is 51.8 Å². The highest BCUT2D eigenvalue weighted by Crippen LogP contribution is 2.25. The Morgan fingerprint density at radius 1 is 1.11 bits per heavy atom. The first-order chi connectivity index (χ1) is 18.0. The maximum absolute atomic E-state index is 13.2. The number of benzene rings is 1. The standard InChI is InChI=1S/C29H36N4O5/c1-20(33(28(36)37)19-29(2,3)4)26(34)31-25-14-13-24(32(5)27(35)22-15-17-38-18-16-22)23(30-25)12-11-21-9-7-6-8-10-21/h6-10,13-14,20,22H,15-19H2,1-5H3,(H,36,37)(H,30,31,34). The van der Waals surface area contributed by atoms with Crippen molar-refractivity contribution in [3.8, 4) is 11.8 Å². The van der Waals surface area contributed by atoms with Crippen molar-refractivity contribution in [1.82, 2.24) is 9.88 Å². The van der Waals surface area contributed by atoms with Gasteiger partial charge in [-0.25, -0.2) is 9.78 Å². The van der Waals surface area contributed by atoms with Gasteiger partial charge in [0.15, 0.2) is 0 Å². The molecule has 202 valence electrons. The number of carbonyl (C=O) groups is 3. The number of amides is 3. The molecule has 1 aliphatic heterocycles. The van der Waals surface area contributed by atoms with Crippen LogP contribution in [0.2, 0.25) is 0 Å². The molecule has 0 spiro atoms. The van der Waals surface area contributed by atoms with Crippen LogP contribution < -0.4 is 10.2 Å². The number of hydrogen-bond donors (Lipinski definition) is 2. The first-order valence-corrected chi connectivity index (χ1v) is 12.7. The molecule has 1 aromatic heterocycles. The van der Waals surface area contributed by atoms with E-state index in [1.807, 2.05) is 51.1 Å². The van der Waals surface area contributed by atoms with Gasteiger partial charge in [0, 0.05) is 38.3 Å². The second kappa shape index (κ2) is 12.6. The lowest BCUT2D eigenvalue weighted by Gasteiger charge is -2.31. The van der Waals surface area contributed by atoms with Gasteiger partial charge in [-0.15, -0.1) is 0 Å². The van der Waals surface area contributed by atoms with Crippen molar-refractivity contribution in [3.63, 3.8) is 0 Å². The molecule has 3 rings (SSSR count). The molecule has 2 aromatic rings. The van der Waals surface area contributed by atoms with Gasteiger partial charge in [-0.1, -0.05) is 44.9 Å². The Morgan fingerprint density at radius 3 is 2.37 bits per heavy atom. The number of carbonyl (C=O) groups excluding carboxylic acids is 2. The summed E-state index contributed by atoms with van der Waals surface area (Å²) in [5, 5.41) is 12.4. The molecule has 1 fully saturated rings. The van der Waals surface area contributed by atoms with Gasteiger partial charge >= 0.3 is 6.09 Å². The van der Waals surface area contributed by atoms with Gasteiger partial charge in [0.1, 0.15) is 17.6 Å². The van der Waals surface area contributed by atoms with Crippen molar-refractivity contribution in [2.75, 3.05) is 37.0 Å². The molecule has 0 aliphatic carbocycles. The number of aromatic nitrogens is 1. The lowest BCUT2D eigenvalue weighted by Crippen LogP contribution is -2.48. The van der Waals surface area contributed by atoms with Crippen LogP contribution in [0.4, 0.5) is 16.3 Å². The van der Waals surface area contributed by atoms with Crippen LogP contribution in [-0.4, -0.2) is 65.7 Å². The van der Waals surface area contributed by atoms with Gasteiger partial charge in [0.25, 0.3) is 0 Å². The summed E-state index contributed by atoms with van der Waals surface area (Å²) in [7, 11) is 1.69. The predicted molar refractivity (Wildman–Crippen MR) is 146 cm³/mol. The van der Waals surface area contributed by atoms with Gasteiger partial charge < -0.3 is 20.1 Å². The average molecular weight is 521 g/mol. The highest BCUT2D eigenvalue weighted by molar-refractivity contribution is 5.97. The molecule has 38 heavy (non-hydrogen) atoms. The molecule has 0 saturated carbocycles. The molecule has 9 nitrogen and oxygen atoms in total. The third-order valence-electron chi connectivity index (χ3n) is 6.22. The first kappa shape index (κ1) is 28.7. The van der Waals surface area contributed by atoms with Crippen molar-refractivity contribution in [2.24, 2.45) is 11.3 Å². The first-order valence-electron chi connectivity index (χ1n) is 12.7. The van der Waals surface area contributed by atoms with Crippen molar-refractivity contribution >= 4 is 29.4 Å². The van der Waals surface area contributed by atoms with Gasteiger partial charge in [-0.3, -0.25) is 14.5 Å². The molecular formula is C29H36N4O5. The number of nitrogens with one attached hydrogen (secondary N) is 1. The Labute approximate surface area is 224 Å². The van der Waals surface area contributed by atoms with E-state index in [0.717, 1.165) is 10.5 Å². The number of nitrogens with zero attached hydrogens (tertiary/aromatic N) is 3. The molecule has 9 heteroatoms. The molecule has 1 saturated heterocycles. The second-order valence-electron chi connectivity index (χ2n) is 10.6. The van der Waals surface area contributed by atoms with Crippen molar-refractivity contribution in [2.45, 2.75) is 46.6 Å². The minimum absolute atomic E-state index is 0.0393. The number of rotatable bonds is 6. The molecule has 0 bridgehead atoms. The van der Waals surface area contributed by atoms with Gasteiger partial charge in [-0.2, -0.15) is 0 Å². The molecule has 2 heterocycles. The lowest BCUT2D eigenvalue weighted by molar-refractivity contribution is -0.125. The van der Waals surface area contributed by atoms with Gasteiger partial charge in [0.2, 0.25) is 11.8 Å². The van der Waals surface area contributed by atoms with Crippen molar-refractivity contribution < 1.29 is 24.2 Å². The summed E-state index contributed by atoms with van der Waals surface area (Å²) in [6.07, 6.45) is 0.137. The maximum atomic E-state index is 13.2. The summed E-state index contributed by atoms with van der Waals surface area (Å²) in [6.45, 7) is 8.55. The highest BCUT2D eigenvalue weighted by Gasteiger charge is 2.30. The van der Waals surface area contributed by atoms with Crippen LogP contribution in [0.25, 0.3) is 0 Å². The van der Waals surface area contributed by atoms with Crippen LogP contribution in [0.5, 0.6) is 0 Å². The summed E-state index contributed by atoms with van der Waals surface area (Å²) in [4.78, 5) is 45.2. The highest BCUT2D eigenvalue weighted by atomic mass is 16.5. The fraction of sp³-hybridized carbons (Fsp3) is 0.448. The zero-order chi connectivity index (χ0) is 27.9. The second-order valence-corrected chi connectivity index (χ2v) is 10.6. The molecular weight excluding hydrogens is 484 g/mol. The number of pyridine rings is 1. The topological polar surface area (TPSA) is 112 Å². The summed E-state index contributed by atoms with van der Waals surface area (Å²) in [6, 6.07) is 11.7. The van der Waals surface area contributed by atoms with E-state index in [0.29, 0.717) is 37.4 Å². The zero-order valence-corrected chi connectivity index (χ0v) is 22.7. The minimum Gasteiger partial charge on any atom is -0.465 e. The van der Waals surface area contributed by atoms with E-state index in [1.165, 1.54) is 0 Å².